The van der Waals surface area contributed by atoms with Crippen molar-refractivity contribution in [1.29, 1.82) is 0 Å². The number of aryl methyl sites for hydroxylation is 1. The Morgan fingerprint density at radius 2 is 1.93 bits per heavy atom. The lowest BCUT2D eigenvalue weighted by Gasteiger charge is -2.45. The van der Waals surface area contributed by atoms with Crippen LogP contribution in [-0.2, 0) is 11.3 Å². The van der Waals surface area contributed by atoms with Gasteiger partial charge in [-0.25, -0.2) is 9.18 Å². The molecule has 1 heterocycles. The molecule has 0 radical (unpaired) electrons. The van der Waals surface area contributed by atoms with Crippen molar-refractivity contribution in [3.63, 3.8) is 0 Å². The normalized spacial score (nSPS) is 20.1. The molecule has 28 heavy (non-hydrogen) atoms. The minimum atomic E-state index is -0.270. The lowest BCUT2D eigenvalue weighted by molar-refractivity contribution is 0.0288. The maximum absolute atomic E-state index is 13.2. The van der Waals surface area contributed by atoms with Gasteiger partial charge in [-0.05, 0) is 56.2 Å². The molecule has 1 aliphatic heterocycles. The predicted octanol–water partition coefficient (Wildman–Crippen LogP) is 3.36. The van der Waals surface area contributed by atoms with E-state index >= 15 is 0 Å². The molecule has 5 nitrogen and oxygen atoms in total. The van der Waals surface area contributed by atoms with Gasteiger partial charge in [-0.3, -0.25) is 4.90 Å². The number of nitrogens with two attached hydrogens (primary N) is 1. The van der Waals surface area contributed by atoms with E-state index in [0.29, 0.717) is 30.4 Å². The number of anilines is 1. The van der Waals surface area contributed by atoms with Crippen molar-refractivity contribution in [2.75, 3.05) is 19.0 Å². The number of hydrogen-bond donors (Lipinski definition) is 1. The number of rotatable bonds is 5. The second-order valence-corrected chi connectivity index (χ2v) is 7.35. The highest BCUT2D eigenvalue weighted by Gasteiger charge is 2.34. The van der Waals surface area contributed by atoms with E-state index in [4.69, 9.17) is 10.5 Å². The smallest absolute Gasteiger partial charge is 0.147 e. The second-order valence-electron chi connectivity index (χ2n) is 7.35. The van der Waals surface area contributed by atoms with Crippen LogP contribution in [0.5, 0.6) is 5.75 Å². The number of carbonyl (C=O) groups excluding carboxylic acids is 1. The van der Waals surface area contributed by atoms with Gasteiger partial charge in [-0.15, -0.1) is 0 Å². The third-order valence-electron chi connectivity index (χ3n) is 5.21. The average Bonchev–Trinajstić information content (AvgIpc) is 2.67. The first-order valence-corrected chi connectivity index (χ1v) is 9.38. The molecule has 0 amide bonds. The van der Waals surface area contributed by atoms with Crippen LogP contribution in [0.4, 0.5) is 10.1 Å². The quantitative estimate of drug-likeness (QED) is 0.634. The van der Waals surface area contributed by atoms with Gasteiger partial charge in [0.05, 0.1) is 11.7 Å². The number of hydrogen-bond acceptors (Lipinski definition) is 5. The maximum Gasteiger partial charge on any atom is 0.147 e. The Kier molecular flexibility index (Phi) is 6.02. The monoisotopic (exact) mass is 383 g/mol. The topological polar surface area (TPSA) is 58.8 Å². The zero-order chi connectivity index (χ0) is 20.3. The van der Waals surface area contributed by atoms with Crippen molar-refractivity contribution in [1.82, 2.24) is 9.80 Å². The molecule has 2 N–H and O–H groups in total. The Morgan fingerprint density at radius 3 is 2.61 bits per heavy atom. The molecule has 0 spiro atoms. The molecule has 0 aliphatic carbocycles. The van der Waals surface area contributed by atoms with E-state index in [9.17, 15) is 9.18 Å². The third-order valence-corrected chi connectivity index (χ3v) is 5.21. The summed E-state index contributed by atoms with van der Waals surface area (Å²) in [6, 6.07) is 12.0. The van der Waals surface area contributed by atoms with Crippen molar-refractivity contribution in [3.05, 3.63) is 65.1 Å². The Labute approximate surface area is 165 Å². The van der Waals surface area contributed by atoms with E-state index in [1.807, 2.05) is 36.9 Å². The van der Waals surface area contributed by atoms with Crippen LogP contribution in [0.15, 0.2) is 48.2 Å². The fourth-order valence-corrected chi connectivity index (χ4v) is 3.50. The molecule has 2 atom stereocenters. The minimum Gasteiger partial charge on any atom is -0.476 e. The van der Waals surface area contributed by atoms with Gasteiger partial charge >= 0.3 is 0 Å². The van der Waals surface area contributed by atoms with Crippen molar-refractivity contribution in [2.24, 2.45) is 0 Å². The number of halogens is 1. The van der Waals surface area contributed by atoms with E-state index in [0.717, 1.165) is 17.7 Å². The van der Waals surface area contributed by atoms with Gasteiger partial charge in [0.25, 0.3) is 0 Å². The van der Waals surface area contributed by atoms with Gasteiger partial charge in [0.15, 0.2) is 0 Å². The Bertz CT molecular complexity index is 878. The SMILES string of the molecule is Cc1ccc(N)c(OCN2C[C@@H](C)N(Cc3ccc(F)cc3)C(=C=O)[C@@H]2C)c1. The van der Waals surface area contributed by atoms with Gasteiger partial charge in [-0.2, -0.15) is 0 Å². The zero-order valence-corrected chi connectivity index (χ0v) is 16.5. The highest BCUT2D eigenvalue weighted by Crippen LogP contribution is 2.27. The van der Waals surface area contributed by atoms with Gasteiger partial charge in [-0.1, -0.05) is 18.2 Å². The summed E-state index contributed by atoms with van der Waals surface area (Å²) in [7, 11) is 0. The highest BCUT2D eigenvalue weighted by molar-refractivity contribution is 5.55. The molecule has 2 aromatic rings. The van der Waals surface area contributed by atoms with Crippen LogP contribution in [0, 0.1) is 12.7 Å². The molecule has 2 aromatic carbocycles. The zero-order valence-electron chi connectivity index (χ0n) is 16.5. The van der Waals surface area contributed by atoms with Gasteiger partial charge < -0.3 is 15.4 Å². The molecule has 6 heteroatoms. The third kappa shape index (κ3) is 4.35. The van der Waals surface area contributed by atoms with Gasteiger partial charge in [0.1, 0.15) is 29.9 Å². The summed E-state index contributed by atoms with van der Waals surface area (Å²) in [5, 5.41) is 0. The van der Waals surface area contributed by atoms with E-state index in [-0.39, 0.29) is 17.9 Å². The number of nitrogens with zero attached hydrogens (tertiary/aromatic N) is 2. The van der Waals surface area contributed by atoms with Crippen LogP contribution in [0.3, 0.4) is 0 Å². The van der Waals surface area contributed by atoms with Crippen molar-refractivity contribution in [3.8, 4) is 5.75 Å². The van der Waals surface area contributed by atoms with Crippen LogP contribution in [0.2, 0.25) is 0 Å². The minimum absolute atomic E-state index is 0.0798. The molecule has 1 fully saturated rings. The largest absolute Gasteiger partial charge is 0.476 e. The number of piperazine rings is 1. The van der Waals surface area contributed by atoms with Crippen LogP contribution in [-0.4, -0.2) is 41.1 Å². The summed E-state index contributed by atoms with van der Waals surface area (Å²) in [6.07, 6.45) is 0. The van der Waals surface area contributed by atoms with E-state index < -0.39 is 0 Å². The van der Waals surface area contributed by atoms with Crippen LogP contribution >= 0.6 is 0 Å². The molecule has 0 bridgehead atoms. The van der Waals surface area contributed by atoms with Crippen molar-refractivity contribution in [2.45, 2.75) is 39.4 Å². The summed E-state index contributed by atoms with van der Waals surface area (Å²) >= 11 is 0. The van der Waals surface area contributed by atoms with E-state index in [1.54, 1.807) is 12.1 Å². The lowest BCUT2D eigenvalue weighted by atomic mass is 10.0. The molecular weight excluding hydrogens is 357 g/mol. The predicted molar refractivity (Wildman–Crippen MR) is 108 cm³/mol. The number of nitrogen functional groups attached to an aromatic ring is 1. The van der Waals surface area contributed by atoms with Crippen LogP contribution < -0.4 is 10.5 Å². The number of ether oxygens (including phenoxy) is 1. The molecule has 0 saturated carbocycles. The van der Waals surface area contributed by atoms with Gasteiger partial charge in [0.2, 0.25) is 0 Å². The molecule has 0 unspecified atom stereocenters. The lowest BCUT2D eigenvalue weighted by Crippen LogP contribution is -2.55. The van der Waals surface area contributed by atoms with Gasteiger partial charge in [0, 0.05) is 19.1 Å². The first-order valence-electron chi connectivity index (χ1n) is 9.38. The molecular formula is C22H26FN3O2. The highest BCUT2D eigenvalue weighted by atomic mass is 19.1. The first kappa shape index (κ1) is 19.9. The fraction of sp³-hybridized carbons (Fsp3) is 0.364. The molecule has 148 valence electrons. The fourth-order valence-electron chi connectivity index (χ4n) is 3.50. The maximum atomic E-state index is 13.2. The molecule has 3 rings (SSSR count). The average molecular weight is 383 g/mol. The summed E-state index contributed by atoms with van der Waals surface area (Å²) in [6.45, 7) is 7.59. The standard InChI is InChI=1S/C22H26FN3O2/c1-15-4-9-20(24)22(10-15)28-14-25-11-16(2)26(21(13-27)17(25)3)12-18-5-7-19(23)8-6-18/h4-10,16-17H,11-12,14,24H2,1-3H3/t16-,17+/m1/s1. The number of benzene rings is 2. The van der Waals surface area contributed by atoms with Crippen LogP contribution in [0.25, 0.3) is 0 Å². The van der Waals surface area contributed by atoms with Crippen molar-refractivity contribution >= 4 is 11.6 Å². The second kappa shape index (κ2) is 8.46. The molecule has 1 saturated heterocycles. The summed E-state index contributed by atoms with van der Waals surface area (Å²) in [5.74, 6) is 2.49. The van der Waals surface area contributed by atoms with Crippen LogP contribution in [0.1, 0.15) is 25.0 Å². The first-order chi connectivity index (χ1) is 13.4. The summed E-state index contributed by atoms with van der Waals surface area (Å²) in [4.78, 5) is 15.9. The Morgan fingerprint density at radius 1 is 1.21 bits per heavy atom. The van der Waals surface area contributed by atoms with E-state index in [1.165, 1.54) is 12.1 Å². The molecule has 1 aliphatic rings. The molecule has 0 aromatic heterocycles. The van der Waals surface area contributed by atoms with Crippen molar-refractivity contribution < 1.29 is 13.9 Å². The Balaban J connectivity index is 1.71. The van der Waals surface area contributed by atoms with E-state index in [2.05, 4.69) is 17.8 Å². The summed E-state index contributed by atoms with van der Waals surface area (Å²) < 4.78 is 19.1. The Hall–Kier alpha value is -2.82. The summed E-state index contributed by atoms with van der Waals surface area (Å²) in [5.41, 5.74) is 9.18.